The van der Waals surface area contributed by atoms with Crippen LogP contribution in [0.15, 0.2) is 30.7 Å². The molecule has 2 fully saturated rings. The molecule has 3 aromatic rings. The molecule has 4 heterocycles. The Morgan fingerprint density at radius 1 is 1.00 bits per heavy atom. The van der Waals surface area contributed by atoms with Crippen molar-refractivity contribution in [1.29, 1.82) is 0 Å². The topological polar surface area (TPSA) is 139 Å². The Hall–Kier alpha value is -2.08. The van der Waals surface area contributed by atoms with E-state index in [2.05, 4.69) is 15.0 Å². The van der Waals surface area contributed by atoms with Gasteiger partial charge in [-0.25, -0.2) is 36.2 Å². The number of nitrogens with two attached hydrogens (primary N) is 1. The van der Waals surface area contributed by atoms with Crippen LogP contribution >= 0.6 is 0 Å². The number of piperidine rings is 1. The van der Waals surface area contributed by atoms with Gasteiger partial charge >= 0.3 is 0 Å². The fourth-order valence-corrected chi connectivity index (χ4v) is 8.70. The number of rotatable bonds is 6. The summed E-state index contributed by atoms with van der Waals surface area (Å²) in [7, 11) is -7.05. The highest BCUT2D eigenvalue weighted by Gasteiger charge is 2.34. The number of aromatic nitrogens is 3. The third-order valence-corrected chi connectivity index (χ3v) is 10.3. The highest BCUT2D eigenvalue weighted by atomic mass is 32.2. The van der Waals surface area contributed by atoms with Crippen LogP contribution in [0.5, 0.6) is 0 Å². The molecule has 1 saturated heterocycles. The molecule has 34 heavy (non-hydrogen) atoms. The zero-order valence-electron chi connectivity index (χ0n) is 19.1. The summed E-state index contributed by atoms with van der Waals surface area (Å²) in [4.78, 5) is 12.2. The van der Waals surface area contributed by atoms with Gasteiger partial charge in [-0.2, -0.15) is 0 Å². The molecule has 184 valence electrons. The molecule has 2 aliphatic rings. The quantitative estimate of drug-likeness (QED) is 0.528. The van der Waals surface area contributed by atoms with Gasteiger partial charge in [-0.3, -0.25) is 0 Å². The molecule has 0 aromatic carbocycles. The number of primary sulfonamides is 1. The Bertz CT molecular complexity index is 1400. The van der Waals surface area contributed by atoms with Crippen molar-refractivity contribution in [1.82, 2.24) is 19.3 Å². The van der Waals surface area contributed by atoms with E-state index in [1.54, 1.807) is 6.20 Å². The zero-order chi connectivity index (χ0) is 23.9. The Balaban J connectivity index is 1.26. The van der Waals surface area contributed by atoms with Crippen molar-refractivity contribution in [2.75, 3.05) is 24.6 Å². The van der Waals surface area contributed by atoms with Gasteiger partial charge < -0.3 is 4.98 Å². The molecule has 0 bridgehead atoms. The molecule has 1 saturated carbocycles. The predicted octanol–water partition coefficient (Wildman–Crippen LogP) is 2.72. The minimum absolute atomic E-state index is 0.108. The summed E-state index contributed by atoms with van der Waals surface area (Å²) in [5.41, 5.74) is 1.93. The van der Waals surface area contributed by atoms with Crippen molar-refractivity contribution in [3.05, 3.63) is 36.4 Å². The summed E-state index contributed by atoms with van der Waals surface area (Å²) >= 11 is 0. The molecule has 1 aliphatic heterocycles. The number of hydrogen-bond acceptors (Lipinski definition) is 6. The monoisotopic (exact) mass is 505 g/mol. The lowest BCUT2D eigenvalue weighted by Crippen LogP contribution is -2.44. The summed E-state index contributed by atoms with van der Waals surface area (Å²) < 4.78 is 50.7. The van der Waals surface area contributed by atoms with Crippen molar-refractivity contribution in [3.63, 3.8) is 0 Å². The molecule has 11 heteroatoms. The first-order chi connectivity index (χ1) is 16.2. The SMILES string of the molecule is NS(=O)(=O)CC1CCCN(S(=O)(=O)CC2CCC(c3[nH]ccc4cnc5nccc5c34)CC2)C1. The Morgan fingerprint density at radius 2 is 1.79 bits per heavy atom. The van der Waals surface area contributed by atoms with Gasteiger partial charge in [-0.15, -0.1) is 0 Å². The third-order valence-electron chi connectivity index (χ3n) is 7.38. The number of nitrogens with zero attached hydrogens (tertiary/aromatic N) is 3. The normalized spacial score (nSPS) is 25.1. The van der Waals surface area contributed by atoms with Crippen LogP contribution in [-0.2, 0) is 20.0 Å². The highest BCUT2D eigenvalue weighted by molar-refractivity contribution is 7.89. The second-order valence-corrected chi connectivity index (χ2v) is 13.5. The van der Waals surface area contributed by atoms with Crippen molar-refractivity contribution in [3.8, 4) is 0 Å². The minimum Gasteiger partial charge on any atom is -0.364 e. The molecule has 0 amide bonds. The lowest BCUT2D eigenvalue weighted by molar-refractivity contribution is 0.276. The average Bonchev–Trinajstić information content (AvgIpc) is 3.27. The zero-order valence-corrected chi connectivity index (χ0v) is 20.7. The molecular weight excluding hydrogens is 474 g/mol. The van der Waals surface area contributed by atoms with Crippen molar-refractivity contribution in [2.45, 2.75) is 44.4 Å². The molecule has 3 aromatic heterocycles. The first kappa shape index (κ1) is 23.7. The summed E-state index contributed by atoms with van der Waals surface area (Å²) in [5.74, 6) is 0.178. The summed E-state index contributed by atoms with van der Waals surface area (Å²) in [6, 6.07) is 4.03. The molecule has 1 atom stereocenters. The second kappa shape index (κ2) is 9.18. The Labute approximate surface area is 200 Å². The highest BCUT2D eigenvalue weighted by Crippen LogP contribution is 2.40. The number of aromatic amines is 1. The van der Waals surface area contributed by atoms with Gasteiger partial charge in [-0.1, -0.05) is 0 Å². The minimum atomic E-state index is -3.61. The van der Waals surface area contributed by atoms with Crippen LogP contribution in [0.2, 0.25) is 0 Å². The third kappa shape index (κ3) is 4.98. The van der Waals surface area contributed by atoms with E-state index in [1.807, 2.05) is 24.5 Å². The number of fused-ring (bicyclic) bond motifs is 3. The summed E-state index contributed by atoms with van der Waals surface area (Å²) in [5, 5.41) is 8.48. The van der Waals surface area contributed by atoms with E-state index in [0.29, 0.717) is 25.3 Å². The lowest BCUT2D eigenvalue weighted by Gasteiger charge is -2.34. The Morgan fingerprint density at radius 3 is 2.56 bits per heavy atom. The van der Waals surface area contributed by atoms with E-state index < -0.39 is 20.0 Å². The van der Waals surface area contributed by atoms with Gasteiger partial charge in [0, 0.05) is 53.5 Å². The number of H-pyrrole nitrogens is 1. The molecule has 1 aliphatic carbocycles. The van der Waals surface area contributed by atoms with Crippen molar-refractivity contribution in [2.24, 2.45) is 17.0 Å². The van der Waals surface area contributed by atoms with E-state index in [4.69, 9.17) is 5.14 Å². The van der Waals surface area contributed by atoms with E-state index in [-0.39, 0.29) is 29.9 Å². The van der Waals surface area contributed by atoms with Crippen LogP contribution in [0.3, 0.4) is 0 Å². The average molecular weight is 506 g/mol. The van der Waals surface area contributed by atoms with Crippen LogP contribution in [-0.4, -0.2) is 60.7 Å². The molecule has 0 spiro atoms. The van der Waals surface area contributed by atoms with Crippen LogP contribution < -0.4 is 5.14 Å². The number of hydrogen-bond donors (Lipinski definition) is 2. The molecular formula is C23H31N5O4S2. The molecule has 0 radical (unpaired) electrons. The molecule has 1 unspecified atom stereocenters. The fourth-order valence-electron chi connectivity index (χ4n) is 5.78. The number of nitrogens with one attached hydrogen (secondary N) is 1. The largest absolute Gasteiger partial charge is 0.364 e. The van der Waals surface area contributed by atoms with Crippen molar-refractivity contribution >= 4 is 41.9 Å². The number of pyridine rings is 2. The van der Waals surface area contributed by atoms with Crippen LogP contribution in [0.25, 0.3) is 21.8 Å². The van der Waals surface area contributed by atoms with E-state index >= 15 is 0 Å². The molecule has 5 rings (SSSR count). The lowest BCUT2D eigenvalue weighted by atomic mass is 9.80. The van der Waals surface area contributed by atoms with Crippen molar-refractivity contribution < 1.29 is 16.8 Å². The Kier molecular flexibility index (Phi) is 6.38. The first-order valence-corrected chi connectivity index (χ1v) is 15.2. The van der Waals surface area contributed by atoms with Gasteiger partial charge in [0.25, 0.3) is 0 Å². The summed E-state index contributed by atoms with van der Waals surface area (Å²) in [6.45, 7) is 0.707. The van der Waals surface area contributed by atoms with Crippen LogP contribution in [0.4, 0.5) is 0 Å². The van der Waals surface area contributed by atoms with E-state index in [0.717, 1.165) is 47.5 Å². The smallest absolute Gasteiger partial charge is 0.214 e. The van der Waals surface area contributed by atoms with E-state index in [9.17, 15) is 16.8 Å². The van der Waals surface area contributed by atoms with Gasteiger partial charge in [0.05, 0.1) is 11.5 Å². The predicted molar refractivity (Wildman–Crippen MR) is 132 cm³/mol. The first-order valence-electron chi connectivity index (χ1n) is 11.9. The number of sulfonamides is 2. The van der Waals surface area contributed by atoms with Crippen LogP contribution in [0.1, 0.15) is 50.1 Å². The van der Waals surface area contributed by atoms with Gasteiger partial charge in [-0.05, 0) is 68.4 Å². The maximum absolute atomic E-state index is 13.1. The standard InChI is InChI=1S/C23H31N5O4S2/c24-33(29,30)14-17-2-1-11-28(13-17)34(31,32)15-16-3-5-18(6-4-16)22-21-19(7-9-25-22)12-27-23-20(21)8-10-26-23/h7-10,12,16-18,25H,1-6,11,13-15H2,(H2,24,29,30). The van der Waals surface area contributed by atoms with E-state index in [1.165, 1.54) is 10.00 Å². The summed E-state index contributed by atoms with van der Waals surface area (Å²) in [6.07, 6.45) is 10.5. The maximum Gasteiger partial charge on any atom is 0.214 e. The second-order valence-electron chi connectivity index (χ2n) is 9.85. The molecule has 9 nitrogen and oxygen atoms in total. The van der Waals surface area contributed by atoms with Gasteiger partial charge in [0.2, 0.25) is 20.0 Å². The van der Waals surface area contributed by atoms with Gasteiger partial charge in [0.15, 0.2) is 5.65 Å². The maximum atomic E-state index is 13.1. The van der Waals surface area contributed by atoms with Crippen LogP contribution in [0, 0.1) is 11.8 Å². The fraction of sp³-hybridized carbons (Fsp3) is 0.565. The molecule has 3 N–H and O–H groups in total. The van der Waals surface area contributed by atoms with Gasteiger partial charge in [0.1, 0.15) is 0 Å².